The zero-order chi connectivity index (χ0) is 10.4. The molecule has 0 saturated heterocycles. The van der Waals surface area contributed by atoms with Crippen LogP contribution in [0.2, 0.25) is 0 Å². The zero-order valence-corrected chi connectivity index (χ0v) is 9.46. The second-order valence-corrected chi connectivity index (χ2v) is 4.94. The van der Waals surface area contributed by atoms with E-state index in [1.807, 2.05) is 0 Å². The number of hydrogen-bond acceptors (Lipinski definition) is 2. The van der Waals surface area contributed by atoms with E-state index in [0.717, 1.165) is 12.5 Å². The molecule has 1 aliphatic carbocycles. The Kier molecular flexibility index (Phi) is 1.99. The third-order valence-electron chi connectivity index (χ3n) is 3.85. The summed E-state index contributed by atoms with van der Waals surface area (Å²) in [7, 11) is 4.38. The van der Waals surface area contributed by atoms with E-state index in [0.29, 0.717) is 6.04 Å². The van der Waals surface area contributed by atoms with Crippen molar-refractivity contribution >= 4 is 5.69 Å². The quantitative estimate of drug-likeness (QED) is 0.753. The van der Waals surface area contributed by atoms with Gasteiger partial charge in [-0.15, -0.1) is 0 Å². The highest BCUT2D eigenvalue weighted by Crippen LogP contribution is 2.49. The lowest BCUT2D eigenvalue weighted by molar-refractivity contribution is 0.287. The van der Waals surface area contributed by atoms with E-state index >= 15 is 0 Å². The molecule has 1 aromatic rings. The number of benzene rings is 1. The van der Waals surface area contributed by atoms with Crippen LogP contribution in [0, 0.1) is 0 Å². The molecule has 1 aliphatic heterocycles. The van der Waals surface area contributed by atoms with E-state index in [2.05, 4.69) is 42.5 Å². The van der Waals surface area contributed by atoms with Crippen molar-refractivity contribution in [2.75, 3.05) is 26.0 Å². The molecule has 0 radical (unpaired) electrons. The molecule has 0 fully saturated rings. The maximum Gasteiger partial charge on any atom is 0.0378 e. The molecule has 1 heterocycles. The Morgan fingerprint density at radius 3 is 3.00 bits per heavy atom. The molecule has 2 aliphatic rings. The summed E-state index contributed by atoms with van der Waals surface area (Å²) in [5.74, 6) is 0.796. The van der Waals surface area contributed by atoms with Crippen LogP contribution in [0.25, 0.3) is 0 Å². The van der Waals surface area contributed by atoms with E-state index in [9.17, 15) is 0 Å². The summed E-state index contributed by atoms with van der Waals surface area (Å²) < 4.78 is 0. The van der Waals surface area contributed by atoms with Crippen LogP contribution >= 0.6 is 0 Å². The topological polar surface area (TPSA) is 15.3 Å². The van der Waals surface area contributed by atoms with Gasteiger partial charge >= 0.3 is 0 Å². The van der Waals surface area contributed by atoms with Crippen molar-refractivity contribution in [1.29, 1.82) is 0 Å². The first-order valence-corrected chi connectivity index (χ1v) is 5.80. The van der Waals surface area contributed by atoms with Crippen LogP contribution in [0.1, 0.15) is 35.9 Å². The molecule has 2 nitrogen and oxygen atoms in total. The van der Waals surface area contributed by atoms with Gasteiger partial charge in [0, 0.05) is 18.3 Å². The van der Waals surface area contributed by atoms with Crippen molar-refractivity contribution in [2.24, 2.45) is 0 Å². The van der Waals surface area contributed by atoms with Gasteiger partial charge in [-0.3, -0.25) is 0 Å². The monoisotopic (exact) mass is 202 g/mol. The standard InChI is InChI=1S/C13H18N2/c1-15(2)12-8-9-6-7-14-11-5-3-4-10(12)13(9)11/h3-5,9,12,14H,6-8H2,1-2H3. The van der Waals surface area contributed by atoms with E-state index in [4.69, 9.17) is 0 Å². The van der Waals surface area contributed by atoms with Gasteiger partial charge in [0.1, 0.15) is 0 Å². The highest BCUT2D eigenvalue weighted by molar-refractivity contribution is 5.61. The first-order chi connectivity index (χ1) is 7.27. The number of nitrogens with zero attached hydrogens (tertiary/aromatic N) is 1. The molecule has 0 saturated carbocycles. The molecular weight excluding hydrogens is 184 g/mol. The maximum atomic E-state index is 3.51. The van der Waals surface area contributed by atoms with Gasteiger partial charge in [-0.2, -0.15) is 0 Å². The molecule has 3 rings (SSSR count). The van der Waals surface area contributed by atoms with E-state index < -0.39 is 0 Å². The average molecular weight is 202 g/mol. The van der Waals surface area contributed by atoms with Crippen LogP contribution in [0.3, 0.4) is 0 Å². The van der Waals surface area contributed by atoms with Crippen LogP contribution in [0.5, 0.6) is 0 Å². The lowest BCUT2D eigenvalue weighted by atomic mass is 9.93. The number of rotatable bonds is 1. The van der Waals surface area contributed by atoms with Crippen molar-refractivity contribution in [2.45, 2.75) is 24.8 Å². The Bertz CT molecular complexity index is 384. The maximum absolute atomic E-state index is 3.51. The summed E-state index contributed by atoms with van der Waals surface area (Å²) in [6.07, 6.45) is 2.61. The normalized spacial score (nSPS) is 27.7. The zero-order valence-electron chi connectivity index (χ0n) is 9.46. The van der Waals surface area contributed by atoms with Crippen LogP contribution < -0.4 is 5.32 Å². The molecule has 0 bridgehead atoms. The van der Waals surface area contributed by atoms with Crippen molar-refractivity contribution < 1.29 is 0 Å². The second-order valence-electron chi connectivity index (χ2n) is 4.94. The van der Waals surface area contributed by atoms with Gasteiger partial charge < -0.3 is 10.2 Å². The minimum Gasteiger partial charge on any atom is -0.385 e. The summed E-state index contributed by atoms with van der Waals surface area (Å²) in [5, 5.41) is 3.51. The van der Waals surface area contributed by atoms with Crippen molar-refractivity contribution in [3.8, 4) is 0 Å². The summed E-state index contributed by atoms with van der Waals surface area (Å²) in [4.78, 5) is 2.36. The van der Waals surface area contributed by atoms with Gasteiger partial charge in [-0.1, -0.05) is 12.1 Å². The summed E-state index contributed by atoms with van der Waals surface area (Å²) >= 11 is 0. The minimum absolute atomic E-state index is 0.629. The van der Waals surface area contributed by atoms with E-state index in [1.165, 1.54) is 18.5 Å². The smallest absolute Gasteiger partial charge is 0.0378 e. The van der Waals surface area contributed by atoms with Gasteiger partial charge in [-0.05, 0) is 50.0 Å². The number of anilines is 1. The highest BCUT2D eigenvalue weighted by atomic mass is 15.1. The molecule has 2 unspecified atom stereocenters. The Morgan fingerprint density at radius 1 is 1.33 bits per heavy atom. The largest absolute Gasteiger partial charge is 0.385 e. The fourth-order valence-electron chi connectivity index (χ4n) is 3.13. The summed E-state index contributed by atoms with van der Waals surface area (Å²) in [6.45, 7) is 1.14. The molecule has 0 amide bonds. The van der Waals surface area contributed by atoms with Crippen LogP contribution in [-0.4, -0.2) is 25.5 Å². The molecule has 2 atom stereocenters. The van der Waals surface area contributed by atoms with Crippen molar-refractivity contribution in [1.82, 2.24) is 4.90 Å². The Morgan fingerprint density at radius 2 is 2.20 bits per heavy atom. The molecule has 80 valence electrons. The van der Waals surface area contributed by atoms with Crippen molar-refractivity contribution in [3.63, 3.8) is 0 Å². The molecule has 0 spiro atoms. The van der Waals surface area contributed by atoms with Crippen LogP contribution in [0.4, 0.5) is 5.69 Å². The minimum atomic E-state index is 0.629. The number of hydrogen-bond donors (Lipinski definition) is 1. The number of nitrogens with one attached hydrogen (secondary N) is 1. The molecular formula is C13H18N2. The SMILES string of the molecule is CN(C)C1CC2CCNc3cccc1c32. The predicted octanol–water partition coefficient (Wildman–Crippen LogP) is 2.59. The molecule has 0 aromatic heterocycles. The van der Waals surface area contributed by atoms with Crippen LogP contribution in [0.15, 0.2) is 18.2 Å². The Balaban J connectivity index is 2.12. The average Bonchev–Trinajstić information content (AvgIpc) is 2.61. The lowest BCUT2D eigenvalue weighted by Crippen LogP contribution is -2.17. The van der Waals surface area contributed by atoms with Gasteiger partial charge in [0.05, 0.1) is 0 Å². The second kappa shape index (κ2) is 3.24. The Hall–Kier alpha value is -1.02. The van der Waals surface area contributed by atoms with Gasteiger partial charge in [0.15, 0.2) is 0 Å². The first-order valence-electron chi connectivity index (χ1n) is 5.80. The van der Waals surface area contributed by atoms with Gasteiger partial charge in [0.2, 0.25) is 0 Å². The lowest BCUT2D eigenvalue weighted by Gasteiger charge is -2.22. The van der Waals surface area contributed by atoms with Gasteiger partial charge in [-0.25, -0.2) is 0 Å². The molecule has 15 heavy (non-hydrogen) atoms. The van der Waals surface area contributed by atoms with E-state index in [1.54, 1.807) is 11.1 Å². The van der Waals surface area contributed by atoms with Crippen LogP contribution in [-0.2, 0) is 0 Å². The third-order valence-corrected chi connectivity index (χ3v) is 3.85. The molecule has 2 heteroatoms. The first kappa shape index (κ1) is 9.22. The molecule has 1 N–H and O–H groups in total. The highest BCUT2D eigenvalue weighted by Gasteiger charge is 2.35. The third kappa shape index (κ3) is 1.28. The van der Waals surface area contributed by atoms with E-state index in [-0.39, 0.29) is 0 Å². The van der Waals surface area contributed by atoms with Crippen molar-refractivity contribution in [3.05, 3.63) is 29.3 Å². The summed E-state index contributed by atoms with van der Waals surface area (Å²) in [5.41, 5.74) is 4.53. The predicted molar refractivity (Wildman–Crippen MR) is 63.3 cm³/mol. The Labute approximate surface area is 91.3 Å². The summed E-state index contributed by atoms with van der Waals surface area (Å²) in [6, 6.07) is 7.34. The fraction of sp³-hybridized carbons (Fsp3) is 0.538. The van der Waals surface area contributed by atoms with Gasteiger partial charge in [0.25, 0.3) is 0 Å². The molecule has 1 aromatic carbocycles. The fourth-order valence-corrected chi connectivity index (χ4v) is 3.13.